The summed E-state index contributed by atoms with van der Waals surface area (Å²) in [6.07, 6.45) is 2.17. The Morgan fingerprint density at radius 1 is 1.19 bits per heavy atom. The van der Waals surface area contributed by atoms with Gasteiger partial charge >= 0.3 is 6.09 Å². The van der Waals surface area contributed by atoms with Crippen molar-refractivity contribution in [3.05, 3.63) is 35.9 Å². The Labute approximate surface area is 159 Å². The van der Waals surface area contributed by atoms with E-state index in [2.05, 4.69) is 17.4 Å². The van der Waals surface area contributed by atoms with Crippen molar-refractivity contribution in [2.24, 2.45) is 0 Å². The molecule has 0 aliphatic carbocycles. The van der Waals surface area contributed by atoms with Gasteiger partial charge in [0.1, 0.15) is 5.60 Å². The van der Waals surface area contributed by atoms with Crippen LogP contribution in [0.15, 0.2) is 30.3 Å². The number of carbonyl (C=O) groups excluding carboxylic acids is 3. The van der Waals surface area contributed by atoms with E-state index < -0.39 is 5.60 Å². The van der Waals surface area contributed by atoms with Crippen molar-refractivity contribution in [2.75, 3.05) is 32.7 Å². The van der Waals surface area contributed by atoms with Gasteiger partial charge in [0.2, 0.25) is 11.8 Å². The first kappa shape index (κ1) is 19.2. The van der Waals surface area contributed by atoms with Crippen LogP contribution in [0, 0.1) is 0 Å². The second-order valence-electron chi connectivity index (χ2n) is 7.32. The lowest BCUT2D eigenvalue weighted by Gasteiger charge is -2.37. The van der Waals surface area contributed by atoms with E-state index in [-0.39, 0.29) is 17.9 Å². The van der Waals surface area contributed by atoms with Gasteiger partial charge in [-0.25, -0.2) is 4.79 Å². The summed E-state index contributed by atoms with van der Waals surface area (Å²) in [5.74, 6) is -0.0993. The largest absolute Gasteiger partial charge is 0.441 e. The minimum absolute atomic E-state index is 0.0313. The fourth-order valence-corrected chi connectivity index (χ4v) is 3.70. The molecule has 3 amide bonds. The highest BCUT2D eigenvalue weighted by atomic mass is 16.6. The fourth-order valence-electron chi connectivity index (χ4n) is 3.70. The highest BCUT2D eigenvalue weighted by Crippen LogP contribution is 2.33. The number of nitrogens with zero attached hydrogens (tertiary/aromatic N) is 2. The average Bonchev–Trinajstić information content (AvgIpc) is 2.96. The lowest BCUT2D eigenvalue weighted by molar-refractivity contribution is -0.134. The molecule has 2 heterocycles. The van der Waals surface area contributed by atoms with Crippen molar-refractivity contribution in [1.82, 2.24) is 15.1 Å². The first-order valence-electron chi connectivity index (χ1n) is 9.51. The third kappa shape index (κ3) is 4.99. The van der Waals surface area contributed by atoms with Gasteiger partial charge in [-0.3, -0.25) is 9.59 Å². The molecule has 1 N–H and O–H groups in total. The molecule has 1 aromatic rings. The summed E-state index contributed by atoms with van der Waals surface area (Å²) in [6, 6.07) is 10.1. The van der Waals surface area contributed by atoms with Gasteiger partial charge in [0.05, 0.1) is 6.54 Å². The smallest absolute Gasteiger partial charge is 0.410 e. The molecule has 2 saturated heterocycles. The molecule has 1 aromatic carbocycles. The number of ether oxygens (including phenoxy) is 1. The number of likely N-dealkylation sites (tertiary alicyclic amines) is 1. The van der Waals surface area contributed by atoms with Gasteiger partial charge < -0.3 is 19.9 Å². The van der Waals surface area contributed by atoms with Crippen LogP contribution in [-0.4, -0.2) is 66.0 Å². The number of rotatable bonds is 6. The van der Waals surface area contributed by atoms with Gasteiger partial charge in [0, 0.05) is 52.4 Å². The lowest BCUT2D eigenvalue weighted by atomic mass is 9.91. The Morgan fingerprint density at radius 2 is 1.89 bits per heavy atom. The van der Waals surface area contributed by atoms with Gasteiger partial charge in [0.25, 0.3) is 0 Å². The van der Waals surface area contributed by atoms with E-state index in [1.807, 2.05) is 18.2 Å². The van der Waals surface area contributed by atoms with Gasteiger partial charge in [0.15, 0.2) is 0 Å². The van der Waals surface area contributed by atoms with Crippen LogP contribution < -0.4 is 5.32 Å². The van der Waals surface area contributed by atoms with Crippen molar-refractivity contribution in [3.8, 4) is 0 Å². The molecular formula is C20H27N3O4. The molecule has 7 nitrogen and oxygen atoms in total. The summed E-state index contributed by atoms with van der Waals surface area (Å²) < 4.78 is 5.72. The SMILES string of the molecule is CC(=O)NCCC(=O)N1CCC2(CC1)CN(CCc1ccccc1)C(=O)O2. The number of piperidine rings is 1. The number of nitrogens with one attached hydrogen (secondary N) is 1. The third-order valence-electron chi connectivity index (χ3n) is 5.29. The minimum Gasteiger partial charge on any atom is -0.441 e. The van der Waals surface area contributed by atoms with Gasteiger partial charge in [-0.15, -0.1) is 0 Å². The molecule has 0 saturated carbocycles. The predicted molar refractivity (Wildman–Crippen MR) is 100 cm³/mol. The topological polar surface area (TPSA) is 79.0 Å². The Morgan fingerprint density at radius 3 is 2.56 bits per heavy atom. The standard InChI is InChI=1S/C20H27N3O4/c1-16(24)21-11-7-18(25)22-13-9-20(10-14-22)15-23(19(26)27-20)12-8-17-5-3-2-4-6-17/h2-6H,7-15H2,1H3,(H,21,24). The number of benzene rings is 1. The highest BCUT2D eigenvalue weighted by molar-refractivity contribution is 5.78. The molecule has 0 unspecified atom stereocenters. The summed E-state index contributed by atoms with van der Waals surface area (Å²) in [6.45, 7) is 4.19. The van der Waals surface area contributed by atoms with Crippen LogP contribution in [0.25, 0.3) is 0 Å². The third-order valence-corrected chi connectivity index (χ3v) is 5.29. The highest BCUT2D eigenvalue weighted by Gasteiger charge is 2.47. The molecule has 2 aliphatic rings. The van der Waals surface area contributed by atoms with Crippen LogP contribution in [0.1, 0.15) is 31.7 Å². The van der Waals surface area contributed by atoms with E-state index in [1.54, 1.807) is 9.80 Å². The first-order valence-corrected chi connectivity index (χ1v) is 9.51. The second-order valence-corrected chi connectivity index (χ2v) is 7.32. The second kappa shape index (κ2) is 8.41. The van der Waals surface area contributed by atoms with E-state index in [4.69, 9.17) is 4.74 Å². The zero-order chi connectivity index (χ0) is 19.3. The molecule has 146 valence electrons. The maximum atomic E-state index is 12.3. The van der Waals surface area contributed by atoms with Crippen LogP contribution in [0.3, 0.4) is 0 Å². The van der Waals surface area contributed by atoms with E-state index in [0.29, 0.717) is 52.0 Å². The van der Waals surface area contributed by atoms with Crippen molar-refractivity contribution in [3.63, 3.8) is 0 Å². The summed E-state index contributed by atoms with van der Waals surface area (Å²) in [5, 5.41) is 2.64. The molecule has 2 fully saturated rings. The van der Waals surface area contributed by atoms with Crippen molar-refractivity contribution in [1.29, 1.82) is 0 Å². The maximum Gasteiger partial charge on any atom is 0.410 e. The molecule has 1 spiro atoms. The molecule has 3 rings (SSSR count). The Bertz CT molecular complexity index is 684. The minimum atomic E-state index is -0.470. The Kier molecular flexibility index (Phi) is 5.98. The summed E-state index contributed by atoms with van der Waals surface area (Å²) in [5.41, 5.74) is 0.730. The maximum absolute atomic E-state index is 12.3. The van der Waals surface area contributed by atoms with Crippen LogP contribution in [0.5, 0.6) is 0 Å². The molecular weight excluding hydrogens is 346 g/mol. The molecule has 27 heavy (non-hydrogen) atoms. The summed E-state index contributed by atoms with van der Waals surface area (Å²) in [7, 11) is 0. The zero-order valence-corrected chi connectivity index (χ0v) is 15.8. The lowest BCUT2D eigenvalue weighted by Crippen LogP contribution is -2.49. The van der Waals surface area contributed by atoms with Gasteiger partial charge in [-0.2, -0.15) is 0 Å². The van der Waals surface area contributed by atoms with E-state index in [0.717, 1.165) is 6.42 Å². The van der Waals surface area contributed by atoms with Crippen molar-refractivity contribution in [2.45, 2.75) is 38.2 Å². The van der Waals surface area contributed by atoms with Crippen LogP contribution >= 0.6 is 0 Å². The molecule has 0 radical (unpaired) electrons. The summed E-state index contributed by atoms with van der Waals surface area (Å²) in [4.78, 5) is 39.0. The van der Waals surface area contributed by atoms with Gasteiger partial charge in [-0.05, 0) is 12.0 Å². The quantitative estimate of drug-likeness (QED) is 0.821. The van der Waals surface area contributed by atoms with E-state index in [1.165, 1.54) is 12.5 Å². The van der Waals surface area contributed by atoms with Crippen LogP contribution in [0.4, 0.5) is 4.79 Å². The number of amides is 3. The Balaban J connectivity index is 1.46. The normalized spacial score (nSPS) is 18.5. The predicted octanol–water partition coefficient (Wildman–Crippen LogP) is 1.57. The number of hydrogen-bond acceptors (Lipinski definition) is 4. The fraction of sp³-hybridized carbons (Fsp3) is 0.550. The Hall–Kier alpha value is -2.57. The van der Waals surface area contributed by atoms with E-state index >= 15 is 0 Å². The van der Waals surface area contributed by atoms with Gasteiger partial charge in [-0.1, -0.05) is 30.3 Å². The molecule has 2 aliphatic heterocycles. The average molecular weight is 373 g/mol. The molecule has 0 bridgehead atoms. The monoisotopic (exact) mass is 373 g/mol. The van der Waals surface area contributed by atoms with Crippen molar-refractivity contribution >= 4 is 17.9 Å². The number of carbonyl (C=O) groups is 3. The number of hydrogen-bond donors (Lipinski definition) is 1. The summed E-state index contributed by atoms with van der Waals surface area (Å²) >= 11 is 0. The van der Waals surface area contributed by atoms with E-state index in [9.17, 15) is 14.4 Å². The first-order chi connectivity index (χ1) is 13.0. The van der Waals surface area contributed by atoms with Crippen LogP contribution in [0.2, 0.25) is 0 Å². The van der Waals surface area contributed by atoms with Crippen molar-refractivity contribution < 1.29 is 19.1 Å². The zero-order valence-electron chi connectivity index (χ0n) is 15.8. The molecule has 0 aromatic heterocycles. The molecule has 0 atom stereocenters. The molecule has 7 heteroatoms. The van der Waals surface area contributed by atoms with Crippen LogP contribution in [-0.2, 0) is 20.7 Å².